The first-order chi connectivity index (χ1) is 8.70. The van der Waals surface area contributed by atoms with Gasteiger partial charge in [-0.3, -0.25) is 4.79 Å². The average Bonchev–Trinajstić information content (AvgIpc) is 2.37. The minimum absolute atomic E-state index is 0.118. The van der Waals surface area contributed by atoms with Gasteiger partial charge in [0.2, 0.25) is 0 Å². The Balaban J connectivity index is 2.26. The quantitative estimate of drug-likeness (QED) is 0.791. The van der Waals surface area contributed by atoms with Crippen LogP contribution in [-0.4, -0.2) is 9.55 Å². The molecule has 94 valence electrons. The fraction of sp³-hybridized carbons (Fsp3) is 0.231. The van der Waals surface area contributed by atoms with Crippen LogP contribution in [0.3, 0.4) is 0 Å². The van der Waals surface area contributed by atoms with Crippen LogP contribution in [0.15, 0.2) is 41.5 Å². The maximum absolute atomic E-state index is 12.0. The van der Waals surface area contributed by atoms with Gasteiger partial charge in [-0.05, 0) is 53.3 Å². The number of hydrogen-bond donors (Lipinski definition) is 0. The van der Waals surface area contributed by atoms with Crippen LogP contribution in [0.2, 0.25) is 0 Å². The lowest BCUT2D eigenvalue weighted by atomic mass is 10.3. The highest BCUT2D eigenvalue weighted by atomic mass is 127. The highest BCUT2D eigenvalue weighted by molar-refractivity contribution is 14.1. The van der Waals surface area contributed by atoms with E-state index in [1.807, 2.05) is 31.2 Å². The summed E-state index contributed by atoms with van der Waals surface area (Å²) in [6.07, 6.45) is 4.15. The zero-order chi connectivity index (χ0) is 13.0. The molecule has 1 aromatic carbocycles. The first kappa shape index (κ1) is 13.1. The Kier molecular flexibility index (Phi) is 4.35. The lowest BCUT2D eigenvalue weighted by Gasteiger charge is -2.07. The third-order valence-electron chi connectivity index (χ3n) is 2.37. The SMILES string of the molecule is CCCn1ccnc(Oc2ccc(I)cc2)c1=O. The van der Waals surface area contributed by atoms with Crippen molar-refractivity contribution in [2.24, 2.45) is 0 Å². The first-order valence-electron chi connectivity index (χ1n) is 5.69. The molecule has 1 heterocycles. The molecule has 0 aliphatic carbocycles. The van der Waals surface area contributed by atoms with Gasteiger partial charge in [-0.1, -0.05) is 6.92 Å². The minimum atomic E-state index is -0.196. The van der Waals surface area contributed by atoms with Crippen molar-refractivity contribution in [1.29, 1.82) is 0 Å². The highest BCUT2D eigenvalue weighted by Crippen LogP contribution is 2.17. The summed E-state index contributed by atoms with van der Waals surface area (Å²) in [5.41, 5.74) is -0.196. The molecule has 0 bridgehead atoms. The average molecular weight is 356 g/mol. The molecule has 18 heavy (non-hydrogen) atoms. The summed E-state index contributed by atoms with van der Waals surface area (Å²) < 4.78 is 8.22. The Labute approximate surface area is 119 Å². The van der Waals surface area contributed by atoms with Crippen molar-refractivity contribution in [3.8, 4) is 11.6 Å². The molecule has 5 heteroatoms. The van der Waals surface area contributed by atoms with Crippen molar-refractivity contribution in [3.63, 3.8) is 0 Å². The van der Waals surface area contributed by atoms with Crippen molar-refractivity contribution in [2.75, 3.05) is 0 Å². The highest BCUT2D eigenvalue weighted by Gasteiger charge is 2.06. The van der Waals surface area contributed by atoms with E-state index in [4.69, 9.17) is 4.74 Å². The molecule has 0 unspecified atom stereocenters. The summed E-state index contributed by atoms with van der Waals surface area (Å²) in [7, 11) is 0. The zero-order valence-electron chi connectivity index (χ0n) is 9.97. The van der Waals surface area contributed by atoms with Crippen LogP contribution in [0.25, 0.3) is 0 Å². The van der Waals surface area contributed by atoms with Gasteiger partial charge in [0.15, 0.2) is 0 Å². The zero-order valence-corrected chi connectivity index (χ0v) is 12.1. The molecule has 2 aromatic rings. The molecule has 0 spiro atoms. The van der Waals surface area contributed by atoms with Crippen molar-refractivity contribution < 1.29 is 4.74 Å². The minimum Gasteiger partial charge on any atom is -0.435 e. The molecule has 1 aromatic heterocycles. The van der Waals surface area contributed by atoms with Crippen LogP contribution >= 0.6 is 22.6 Å². The molecule has 0 saturated carbocycles. The van der Waals surface area contributed by atoms with Gasteiger partial charge < -0.3 is 9.30 Å². The summed E-state index contributed by atoms with van der Waals surface area (Å²) >= 11 is 2.21. The van der Waals surface area contributed by atoms with Crippen molar-refractivity contribution in [3.05, 3.63) is 50.6 Å². The monoisotopic (exact) mass is 356 g/mol. The number of ether oxygens (including phenoxy) is 1. The van der Waals surface area contributed by atoms with Gasteiger partial charge >= 0.3 is 5.56 Å². The van der Waals surface area contributed by atoms with Gasteiger partial charge in [0.1, 0.15) is 5.75 Å². The van der Waals surface area contributed by atoms with Crippen molar-refractivity contribution in [1.82, 2.24) is 9.55 Å². The summed E-state index contributed by atoms with van der Waals surface area (Å²) in [4.78, 5) is 16.0. The van der Waals surface area contributed by atoms with E-state index in [0.29, 0.717) is 12.3 Å². The van der Waals surface area contributed by atoms with Crippen LogP contribution in [0.5, 0.6) is 11.6 Å². The lowest BCUT2D eigenvalue weighted by Crippen LogP contribution is -2.21. The van der Waals surface area contributed by atoms with E-state index < -0.39 is 0 Å². The van der Waals surface area contributed by atoms with E-state index in [0.717, 1.165) is 9.99 Å². The predicted molar refractivity (Wildman–Crippen MR) is 78.0 cm³/mol. The summed E-state index contributed by atoms with van der Waals surface area (Å²) in [6.45, 7) is 2.69. The molecule has 0 aliphatic heterocycles. The Morgan fingerprint density at radius 3 is 2.72 bits per heavy atom. The topological polar surface area (TPSA) is 44.1 Å². The molecule has 0 aliphatic rings. The van der Waals surface area contributed by atoms with Gasteiger partial charge in [-0.15, -0.1) is 0 Å². The molecular formula is C13H13IN2O2. The maximum Gasteiger partial charge on any atom is 0.313 e. The van der Waals surface area contributed by atoms with Gasteiger partial charge in [0.25, 0.3) is 5.88 Å². The lowest BCUT2D eigenvalue weighted by molar-refractivity contribution is 0.443. The standard InChI is InChI=1S/C13H13IN2O2/c1-2-8-16-9-7-15-12(13(16)17)18-11-5-3-10(14)4-6-11/h3-7,9H,2,8H2,1H3. The molecule has 0 N–H and O–H groups in total. The molecular weight excluding hydrogens is 343 g/mol. The third kappa shape index (κ3) is 3.10. The summed E-state index contributed by atoms with van der Waals surface area (Å²) in [5.74, 6) is 0.737. The first-order valence-corrected chi connectivity index (χ1v) is 6.77. The molecule has 2 rings (SSSR count). The second-order valence-electron chi connectivity index (χ2n) is 3.79. The third-order valence-corrected chi connectivity index (χ3v) is 3.09. The summed E-state index contributed by atoms with van der Waals surface area (Å²) in [6, 6.07) is 7.48. The Bertz CT molecular complexity index is 578. The van der Waals surface area contributed by atoms with E-state index in [-0.39, 0.29) is 11.4 Å². The van der Waals surface area contributed by atoms with Crippen LogP contribution in [0, 0.1) is 3.57 Å². The van der Waals surface area contributed by atoms with E-state index in [9.17, 15) is 4.79 Å². The van der Waals surface area contributed by atoms with E-state index in [2.05, 4.69) is 27.6 Å². The fourth-order valence-corrected chi connectivity index (χ4v) is 1.89. The summed E-state index contributed by atoms with van der Waals surface area (Å²) in [5, 5.41) is 0. The van der Waals surface area contributed by atoms with E-state index in [1.165, 1.54) is 0 Å². The Morgan fingerprint density at radius 2 is 2.06 bits per heavy atom. The number of aromatic nitrogens is 2. The molecule has 0 fully saturated rings. The van der Waals surface area contributed by atoms with Crippen molar-refractivity contribution >= 4 is 22.6 Å². The predicted octanol–water partition coefficient (Wildman–Crippen LogP) is 3.05. The fourth-order valence-electron chi connectivity index (χ4n) is 1.53. The van der Waals surface area contributed by atoms with Gasteiger partial charge in [-0.25, -0.2) is 4.98 Å². The smallest absolute Gasteiger partial charge is 0.313 e. The van der Waals surface area contributed by atoms with Crippen LogP contribution in [0.4, 0.5) is 0 Å². The number of nitrogens with zero attached hydrogens (tertiary/aromatic N) is 2. The second kappa shape index (κ2) is 5.99. The van der Waals surface area contributed by atoms with Gasteiger partial charge in [0.05, 0.1) is 0 Å². The molecule has 0 radical (unpaired) electrons. The number of rotatable bonds is 4. The Hall–Kier alpha value is -1.37. The van der Waals surface area contributed by atoms with E-state index >= 15 is 0 Å². The van der Waals surface area contributed by atoms with Crippen LogP contribution < -0.4 is 10.3 Å². The van der Waals surface area contributed by atoms with Crippen LogP contribution in [-0.2, 0) is 6.54 Å². The van der Waals surface area contributed by atoms with Gasteiger partial charge in [-0.2, -0.15) is 0 Å². The maximum atomic E-state index is 12.0. The number of aryl methyl sites for hydroxylation is 1. The largest absolute Gasteiger partial charge is 0.435 e. The van der Waals surface area contributed by atoms with Crippen LogP contribution in [0.1, 0.15) is 13.3 Å². The Morgan fingerprint density at radius 1 is 1.33 bits per heavy atom. The van der Waals surface area contributed by atoms with E-state index in [1.54, 1.807) is 17.0 Å². The molecule has 0 saturated heterocycles. The second-order valence-corrected chi connectivity index (χ2v) is 5.03. The molecule has 0 atom stereocenters. The number of halogens is 1. The van der Waals surface area contributed by atoms with Gasteiger partial charge in [0, 0.05) is 22.5 Å². The van der Waals surface area contributed by atoms with Crippen molar-refractivity contribution in [2.45, 2.75) is 19.9 Å². The normalized spacial score (nSPS) is 10.3. The number of benzene rings is 1. The molecule has 0 amide bonds. The number of hydrogen-bond acceptors (Lipinski definition) is 3. The molecule has 4 nitrogen and oxygen atoms in total.